The van der Waals surface area contributed by atoms with Crippen LogP contribution in [-0.2, 0) is 17.6 Å². The van der Waals surface area contributed by atoms with Crippen molar-refractivity contribution in [3.05, 3.63) is 65.1 Å². The Morgan fingerprint density at radius 2 is 2.24 bits per heavy atom. The molecule has 5 heteroatoms. The van der Waals surface area contributed by atoms with Gasteiger partial charge in [-0.3, -0.25) is 4.79 Å². The maximum atomic E-state index is 12.7. The standard InChI is InChI=1S/C20H18N4O/c1-13-7-8-24-18-11-15(5-6-17(18)23-19(24)9-13)20(25)22-16-4-2-3-14(10-16)12-21/h2-4,7-10,15H,5-6,11H2,1H3,(H,22,25). The normalized spacial score (nSPS) is 16.2. The van der Waals surface area contributed by atoms with Gasteiger partial charge >= 0.3 is 0 Å². The minimum Gasteiger partial charge on any atom is -0.326 e. The van der Waals surface area contributed by atoms with E-state index in [9.17, 15) is 4.79 Å². The molecule has 0 saturated heterocycles. The highest BCUT2D eigenvalue weighted by atomic mass is 16.1. The lowest BCUT2D eigenvalue weighted by Crippen LogP contribution is -2.28. The molecule has 1 unspecified atom stereocenters. The number of imidazole rings is 1. The van der Waals surface area contributed by atoms with Crippen molar-refractivity contribution in [2.24, 2.45) is 5.92 Å². The van der Waals surface area contributed by atoms with Crippen LogP contribution >= 0.6 is 0 Å². The van der Waals surface area contributed by atoms with Gasteiger partial charge in [0.25, 0.3) is 0 Å². The van der Waals surface area contributed by atoms with Crippen molar-refractivity contribution in [1.82, 2.24) is 9.38 Å². The molecule has 1 aromatic carbocycles. The summed E-state index contributed by atoms with van der Waals surface area (Å²) < 4.78 is 2.10. The predicted octanol–water partition coefficient (Wildman–Crippen LogP) is 3.26. The molecule has 0 saturated carbocycles. The number of fused-ring (bicyclic) bond motifs is 3. The lowest BCUT2D eigenvalue weighted by Gasteiger charge is -2.21. The fourth-order valence-corrected chi connectivity index (χ4v) is 3.44. The average molecular weight is 330 g/mol. The van der Waals surface area contributed by atoms with Crippen LogP contribution in [-0.4, -0.2) is 15.3 Å². The summed E-state index contributed by atoms with van der Waals surface area (Å²) in [4.78, 5) is 17.4. The minimum absolute atomic E-state index is 0.00259. The third-order valence-corrected chi connectivity index (χ3v) is 4.76. The van der Waals surface area contributed by atoms with Gasteiger partial charge in [-0.05, 0) is 55.7 Å². The van der Waals surface area contributed by atoms with Crippen molar-refractivity contribution >= 4 is 17.2 Å². The molecule has 1 atom stereocenters. The lowest BCUT2D eigenvalue weighted by atomic mass is 9.89. The highest BCUT2D eigenvalue weighted by Crippen LogP contribution is 2.27. The molecule has 1 aliphatic carbocycles. The SMILES string of the molecule is Cc1ccn2c3c(nc2c1)CCC(C(=O)Nc1cccc(C#N)c1)C3. The Balaban J connectivity index is 1.56. The Kier molecular flexibility index (Phi) is 3.73. The van der Waals surface area contributed by atoms with E-state index in [4.69, 9.17) is 10.2 Å². The van der Waals surface area contributed by atoms with Crippen LogP contribution in [0.15, 0.2) is 42.6 Å². The Hall–Kier alpha value is -3.13. The minimum atomic E-state index is -0.0838. The number of carbonyl (C=O) groups excluding carboxylic acids is 1. The van der Waals surface area contributed by atoms with Gasteiger partial charge in [-0.25, -0.2) is 4.98 Å². The molecule has 124 valence electrons. The molecule has 3 aromatic rings. The lowest BCUT2D eigenvalue weighted by molar-refractivity contribution is -0.120. The first-order valence-electron chi connectivity index (χ1n) is 8.41. The summed E-state index contributed by atoms with van der Waals surface area (Å²) in [5, 5.41) is 11.9. The number of aryl methyl sites for hydroxylation is 2. The van der Waals surface area contributed by atoms with Gasteiger partial charge in [-0.2, -0.15) is 5.26 Å². The molecule has 0 aliphatic heterocycles. The molecular weight excluding hydrogens is 312 g/mol. The summed E-state index contributed by atoms with van der Waals surface area (Å²) in [6, 6.07) is 13.2. The van der Waals surface area contributed by atoms with E-state index >= 15 is 0 Å². The van der Waals surface area contributed by atoms with Gasteiger partial charge in [0.15, 0.2) is 0 Å². The monoisotopic (exact) mass is 330 g/mol. The van der Waals surface area contributed by atoms with Crippen molar-refractivity contribution < 1.29 is 4.79 Å². The first kappa shape index (κ1) is 15.4. The van der Waals surface area contributed by atoms with Crippen LogP contribution in [0.4, 0.5) is 5.69 Å². The van der Waals surface area contributed by atoms with Crippen LogP contribution in [0.3, 0.4) is 0 Å². The first-order chi connectivity index (χ1) is 12.1. The Morgan fingerprint density at radius 1 is 1.36 bits per heavy atom. The molecule has 4 rings (SSSR count). The quantitative estimate of drug-likeness (QED) is 0.784. The zero-order valence-electron chi connectivity index (χ0n) is 14.0. The number of benzene rings is 1. The molecule has 25 heavy (non-hydrogen) atoms. The van der Waals surface area contributed by atoms with Crippen molar-refractivity contribution in [1.29, 1.82) is 5.26 Å². The number of nitrogens with zero attached hydrogens (tertiary/aromatic N) is 3. The Labute approximate surface area is 145 Å². The number of nitriles is 1. The van der Waals surface area contributed by atoms with E-state index in [0.29, 0.717) is 17.7 Å². The van der Waals surface area contributed by atoms with Crippen molar-refractivity contribution in [2.75, 3.05) is 5.32 Å². The smallest absolute Gasteiger partial charge is 0.227 e. The third kappa shape index (κ3) is 2.87. The van der Waals surface area contributed by atoms with Gasteiger partial charge < -0.3 is 9.72 Å². The molecule has 5 nitrogen and oxygen atoms in total. The maximum absolute atomic E-state index is 12.7. The van der Waals surface area contributed by atoms with E-state index in [1.807, 2.05) is 12.3 Å². The number of aromatic nitrogens is 2. The number of pyridine rings is 1. The van der Waals surface area contributed by atoms with Gasteiger partial charge in [0.1, 0.15) is 5.65 Å². The van der Waals surface area contributed by atoms with Gasteiger partial charge in [-0.1, -0.05) is 6.07 Å². The summed E-state index contributed by atoms with van der Waals surface area (Å²) in [5.74, 6) is -0.0813. The van der Waals surface area contributed by atoms with Crippen LogP contribution in [0, 0.1) is 24.2 Å². The number of carbonyl (C=O) groups is 1. The zero-order valence-corrected chi connectivity index (χ0v) is 14.0. The van der Waals surface area contributed by atoms with E-state index in [2.05, 4.69) is 34.8 Å². The van der Waals surface area contributed by atoms with Crippen molar-refractivity contribution in [3.8, 4) is 6.07 Å². The second-order valence-electron chi connectivity index (χ2n) is 6.56. The molecule has 1 amide bonds. The highest BCUT2D eigenvalue weighted by molar-refractivity contribution is 5.93. The Morgan fingerprint density at radius 3 is 3.08 bits per heavy atom. The van der Waals surface area contributed by atoms with Crippen LogP contribution in [0.1, 0.15) is 28.9 Å². The number of amides is 1. The summed E-state index contributed by atoms with van der Waals surface area (Å²) in [7, 11) is 0. The topological polar surface area (TPSA) is 70.2 Å². The van der Waals surface area contributed by atoms with Gasteiger partial charge in [0.05, 0.1) is 17.3 Å². The van der Waals surface area contributed by atoms with E-state index < -0.39 is 0 Å². The van der Waals surface area contributed by atoms with Crippen molar-refractivity contribution in [3.63, 3.8) is 0 Å². The van der Waals surface area contributed by atoms with Gasteiger partial charge in [0.2, 0.25) is 5.91 Å². The summed E-state index contributed by atoms with van der Waals surface area (Å²) in [6.45, 7) is 2.05. The van der Waals surface area contributed by atoms with Crippen LogP contribution < -0.4 is 5.32 Å². The molecule has 2 heterocycles. The van der Waals surface area contributed by atoms with E-state index in [0.717, 1.165) is 29.9 Å². The predicted molar refractivity (Wildman–Crippen MR) is 95.2 cm³/mol. The summed E-state index contributed by atoms with van der Waals surface area (Å²) >= 11 is 0. The summed E-state index contributed by atoms with van der Waals surface area (Å²) in [6.07, 6.45) is 4.32. The third-order valence-electron chi connectivity index (χ3n) is 4.76. The van der Waals surface area contributed by atoms with Gasteiger partial charge in [0, 0.05) is 29.9 Å². The van der Waals surface area contributed by atoms with E-state index in [1.54, 1.807) is 18.2 Å². The first-order valence-corrected chi connectivity index (χ1v) is 8.41. The second kappa shape index (κ2) is 6.06. The number of hydrogen-bond acceptors (Lipinski definition) is 3. The van der Waals surface area contributed by atoms with Crippen LogP contribution in [0.25, 0.3) is 5.65 Å². The molecule has 1 N–H and O–H groups in total. The van der Waals surface area contributed by atoms with Crippen LogP contribution in [0.5, 0.6) is 0 Å². The second-order valence-corrected chi connectivity index (χ2v) is 6.56. The fraction of sp³-hybridized carbons (Fsp3) is 0.250. The van der Waals surface area contributed by atoms with E-state index in [1.165, 1.54) is 5.56 Å². The molecular formula is C20H18N4O. The van der Waals surface area contributed by atoms with Crippen LogP contribution in [0.2, 0.25) is 0 Å². The Bertz CT molecular complexity index is 1010. The van der Waals surface area contributed by atoms with Crippen molar-refractivity contribution in [2.45, 2.75) is 26.2 Å². The zero-order chi connectivity index (χ0) is 17.4. The molecule has 0 bridgehead atoms. The number of hydrogen-bond donors (Lipinski definition) is 1. The molecule has 1 aliphatic rings. The highest BCUT2D eigenvalue weighted by Gasteiger charge is 2.28. The molecule has 2 aromatic heterocycles. The average Bonchev–Trinajstić information content (AvgIpc) is 2.98. The fourth-order valence-electron chi connectivity index (χ4n) is 3.44. The molecule has 0 fully saturated rings. The maximum Gasteiger partial charge on any atom is 0.227 e. The number of rotatable bonds is 2. The number of anilines is 1. The number of nitrogens with one attached hydrogen (secondary N) is 1. The molecule has 0 spiro atoms. The van der Waals surface area contributed by atoms with Gasteiger partial charge in [-0.15, -0.1) is 0 Å². The van der Waals surface area contributed by atoms with E-state index in [-0.39, 0.29) is 11.8 Å². The molecule has 0 radical (unpaired) electrons. The largest absolute Gasteiger partial charge is 0.326 e. The summed E-state index contributed by atoms with van der Waals surface area (Å²) in [5.41, 5.74) is 5.58.